The fraction of sp³-hybridized carbons (Fsp3) is 0.0952. The van der Waals surface area contributed by atoms with E-state index in [2.05, 4.69) is 15.2 Å². The van der Waals surface area contributed by atoms with Gasteiger partial charge in [-0.2, -0.15) is 18.3 Å². The molecule has 0 bridgehead atoms. The normalized spacial score (nSPS) is 11.6. The zero-order valence-corrected chi connectivity index (χ0v) is 15.3. The number of carbonyl (C=O) groups is 1. The van der Waals surface area contributed by atoms with Crippen molar-refractivity contribution in [1.29, 1.82) is 0 Å². The van der Waals surface area contributed by atoms with Crippen LogP contribution in [0, 0.1) is 0 Å². The van der Waals surface area contributed by atoms with Gasteiger partial charge in [0.15, 0.2) is 5.65 Å². The number of nitrogens with zero attached hydrogens (tertiary/aromatic N) is 2. The number of carboxylic acid groups (broad SMARTS) is 1. The van der Waals surface area contributed by atoms with Crippen molar-refractivity contribution in [2.45, 2.75) is 12.8 Å². The zero-order valence-electron chi connectivity index (χ0n) is 15.3. The molecule has 0 aliphatic heterocycles. The molecule has 2 aromatic carbocycles. The van der Waals surface area contributed by atoms with Crippen LogP contribution in [0.3, 0.4) is 0 Å². The smallest absolute Gasteiger partial charge is 0.417 e. The third-order valence-corrected chi connectivity index (χ3v) is 4.60. The van der Waals surface area contributed by atoms with Crippen LogP contribution in [0.15, 0.2) is 60.9 Å². The Morgan fingerprint density at radius 2 is 1.83 bits per heavy atom. The van der Waals surface area contributed by atoms with Crippen molar-refractivity contribution in [1.82, 2.24) is 15.2 Å². The van der Waals surface area contributed by atoms with Gasteiger partial charge in [0, 0.05) is 17.1 Å². The minimum atomic E-state index is -4.82. The van der Waals surface area contributed by atoms with Gasteiger partial charge in [0.2, 0.25) is 0 Å². The SMILES string of the molecule is O=C(O)c1ccc(-c2ccnc3[nH]ncc23)c(C(F)(F)F)c1COc1ccccc1. The third kappa shape index (κ3) is 3.57. The number of benzene rings is 2. The van der Waals surface area contributed by atoms with Crippen molar-refractivity contribution < 1.29 is 27.8 Å². The van der Waals surface area contributed by atoms with Gasteiger partial charge in [-0.05, 0) is 35.4 Å². The molecule has 0 radical (unpaired) electrons. The first-order valence-electron chi connectivity index (χ1n) is 8.79. The summed E-state index contributed by atoms with van der Waals surface area (Å²) >= 11 is 0. The Morgan fingerprint density at radius 1 is 1.07 bits per heavy atom. The average Bonchev–Trinajstić information content (AvgIpc) is 3.20. The molecule has 30 heavy (non-hydrogen) atoms. The molecule has 4 rings (SSSR count). The van der Waals surface area contributed by atoms with Crippen molar-refractivity contribution in [2.75, 3.05) is 0 Å². The van der Waals surface area contributed by atoms with Crippen molar-refractivity contribution in [3.05, 3.63) is 77.6 Å². The van der Waals surface area contributed by atoms with Gasteiger partial charge in [0.25, 0.3) is 0 Å². The number of ether oxygens (including phenoxy) is 1. The minimum absolute atomic E-state index is 0.173. The lowest BCUT2D eigenvalue weighted by Gasteiger charge is -2.20. The molecule has 4 aromatic rings. The highest BCUT2D eigenvalue weighted by Gasteiger charge is 2.39. The molecule has 0 spiro atoms. The van der Waals surface area contributed by atoms with Crippen LogP contribution in [-0.2, 0) is 12.8 Å². The molecule has 2 heterocycles. The molecule has 0 amide bonds. The van der Waals surface area contributed by atoms with Gasteiger partial charge in [-0.3, -0.25) is 5.10 Å². The van der Waals surface area contributed by atoms with E-state index in [1.165, 1.54) is 18.5 Å². The van der Waals surface area contributed by atoms with E-state index in [0.717, 1.165) is 12.1 Å². The average molecular weight is 413 g/mol. The monoisotopic (exact) mass is 413 g/mol. The van der Waals surface area contributed by atoms with Gasteiger partial charge in [-0.1, -0.05) is 24.3 Å². The Hall–Kier alpha value is -3.88. The fourth-order valence-electron chi connectivity index (χ4n) is 3.30. The van der Waals surface area contributed by atoms with Crippen LogP contribution < -0.4 is 4.74 Å². The number of rotatable bonds is 5. The highest BCUT2D eigenvalue weighted by Crippen LogP contribution is 2.42. The number of aromatic amines is 1. The fourth-order valence-corrected chi connectivity index (χ4v) is 3.30. The molecule has 0 saturated heterocycles. The van der Waals surface area contributed by atoms with Crippen molar-refractivity contribution in [2.24, 2.45) is 0 Å². The first-order valence-corrected chi connectivity index (χ1v) is 8.79. The quantitative estimate of drug-likeness (QED) is 0.485. The number of para-hydroxylation sites is 1. The number of carboxylic acids is 1. The second-order valence-electron chi connectivity index (χ2n) is 6.41. The molecule has 152 valence electrons. The largest absolute Gasteiger partial charge is 0.489 e. The number of fused-ring (bicyclic) bond motifs is 1. The van der Waals surface area contributed by atoms with Crippen molar-refractivity contribution >= 4 is 17.0 Å². The van der Waals surface area contributed by atoms with E-state index >= 15 is 0 Å². The van der Waals surface area contributed by atoms with Crippen LogP contribution >= 0.6 is 0 Å². The lowest BCUT2D eigenvalue weighted by atomic mass is 9.91. The van der Waals surface area contributed by atoms with E-state index < -0.39 is 35.4 Å². The van der Waals surface area contributed by atoms with Gasteiger partial charge in [-0.25, -0.2) is 9.78 Å². The molecule has 0 aliphatic rings. The number of alkyl halides is 3. The summed E-state index contributed by atoms with van der Waals surface area (Å²) in [4.78, 5) is 15.7. The molecule has 0 aliphatic carbocycles. The number of halogens is 3. The summed E-state index contributed by atoms with van der Waals surface area (Å²) in [6, 6.07) is 12.0. The van der Waals surface area contributed by atoms with Crippen LogP contribution in [0.1, 0.15) is 21.5 Å². The maximum absolute atomic E-state index is 14.2. The van der Waals surface area contributed by atoms with E-state index in [9.17, 15) is 23.1 Å². The molecule has 2 N–H and O–H groups in total. The maximum atomic E-state index is 14.2. The summed E-state index contributed by atoms with van der Waals surface area (Å²) in [6.45, 7) is -0.562. The summed E-state index contributed by atoms with van der Waals surface area (Å²) < 4.78 is 48.1. The highest BCUT2D eigenvalue weighted by atomic mass is 19.4. The second kappa shape index (κ2) is 7.51. The summed E-state index contributed by atoms with van der Waals surface area (Å²) in [5.41, 5.74) is -1.60. The lowest BCUT2D eigenvalue weighted by Crippen LogP contribution is -2.17. The zero-order chi connectivity index (χ0) is 21.3. The summed E-state index contributed by atoms with van der Waals surface area (Å²) in [5, 5.41) is 16.3. The number of nitrogens with one attached hydrogen (secondary N) is 1. The Kier molecular flexibility index (Phi) is 4.86. The molecule has 0 fully saturated rings. The Bertz CT molecular complexity index is 1220. The van der Waals surface area contributed by atoms with E-state index in [0.29, 0.717) is 16.8 Å². The van der Waals surface area contributed by atoms with Gasteiger partial charge in [-0.15, -0.1) is 0 Å². The molecule has 6 nitrogen and oxygen atoms in total. The number of pyridine rings is 1. The van der Waals surface area contributed by atoms with E-state index in [-0.39, 0.29) is 11.1 Å². The Balaban J connectivity index is 1.93. The van der Waals surface area contributed by atoms with Crippen LogP contribution in [0.2, 0.25) is 0 Å². The van der Waals surface area contributed by atoms with Gasteiger partial charge < -0.3 is 9.84 Å². The molecule has 0 unspecified atom stereocenters. The highest BCUT2D eigenvalue weighted by molar-refractivity contribution is 5.96. The van der Waals surface area contributed by atoms with Crippen LogP contribution in [-0.4, -0.2) is 26.3 Å². The van der Waals surface area contributed by atoms with E-state index in [1.54, 1.807) is 30.3 Å². The molecular formula is C21H14F3N3O3. The predicted octanol–water partition coefficient (Wildman–Crippen LogP) is 4.92. The standard InChI is InChI=1S/C21H14F3N3O3/c22-21(23,24)18-14(13-8-9-25-19-16(13)10-26-27-19)6-7-15(20(28)29)17(18)11-30-12-4-2-1-3-5-12/h1-10H,11H2,(H,28,29)(H,25,26,27). The number of hydrogen-bond donors (Lipinski definition) is 2. The van der Waals surface area contributed by atoms with Crippen molar-refractivity contribution in [3.63, 3.8) is 0 Å². The second-order valence-corrected chi connectivity index (χ2v) is 6.41. The van der Waals surface area contributed by atoms with Gasteiger partial charge in [0.05, 0.1) is 17.3 Å². The maximum Gasteiger partial charge on any atom is 0.417 e. The number of aromatic nitrogens is 3. The van der Waals surface area contributed by atoms with Gasteiger partial charge >= 0.3 is 12.1 Å². The first-order chi connectivity index (χ1) is 14.4. The third-order valence-electron chi connectivity index (χ3n) is 4.60. The Labute approximate surface area is 168 Å². The Morgan fingerprint density at radius 3 is 2.53 bits per heavy atom. The van der Waals surface area contributed by atoms with Crippen LogP contribution in [0.25, 0.3) is 22.2 Å². The minimum Gasteiger partial charge on any atom is -0.489 e. The number of hydrogen-bond acceptors (Lipinski definition) is 4. The molecule has 0 saturated carbocycles. The molecular weight excluding hydrogens is 399 g/mol. The van der Waals surface area contributed by atoms with Crippen LogP contribution in [0.4, 0.5) is 13.2 Å². The van der Waals surface area contributed by atoms with E-state index in [1.807, 2.05) is 0 Å². The van der Waals surface area contributed by atoms with Crippen molar-refractivity contribution in [3.8, 4) is 16.9 Å². The molecule has 9 heteroatoms. The number of H-pyrrole nitrogens is 1. The topological polar surface area (TPSA) is 88.1 Å². The van der Waals surface area contributed by atoms with Gasteiger partial charge in [0.1, 0.15) is 12.4 Å². The lowest BCUT2D eigenvalue weighted by molar-refractivity contribution is -0.138. The summed E-state index contributed by atoms with van der Waals surface area (Å²) in [5.74, 6) is -1.14. The summed E-state index contributed by atoms with van der Waals surface area (Å²) in [7, 11) is 0. The molecule has 2 aromatic heterocycles. The predicted molar refractivity (Wildman–Crippen MR) is 102 cm³/mol. The van der Waals surface area contributed by atoms with E-state index in [4.69, 9.17) is 4.74 Å². The summed E-state index contributed by atoms with van der Waals surface area (Å²) in [6.07, 6.45) is -2.08. The van der Waals surface area contributed by atoms with Crippen LogP contribution in [0.5, 0.6) is 5.75 Å². The first kappa shape index (κ1) is 19.4. The number of aromatic carboxylic acids is 1. The molecule has 0 atom stereocenters.